The zero-order valence-electron chi connectivity index (χ0n) is 15.9. The second kappa shape index (κ2) is 7.06. The summed E-state index contributed by atoms with van der Waals surface area (Å²) in [6.45, 7) is 3.60. The van der Waals surface area contributed by atoms with Crippen LogP contribution in [0.3, 0.4) is 0 Å². The molecule has 0 spiro atoms. The van der Waals surface area contributed by atoms with Crippen molar-refractivity contribution in [2.24, 2.45) is 7.05 Å². The molecule has 2 aromatic heterocycles. The van der Waals surface area contributed by atoms with Crippen molar-refractivity contribution in [3.63, 3.8) is 0 Å². The van der Waals surface area contributed by atoms with Gasteiger partial charge in [-0.1, -0.05) is 0 Å². The van der Waals surface area contributed by atoms with Gasteiger partial charge in [-0.2, -0.15) is 5.10 Å². The van der Waals surface area contributed by atoms with Gasteiger partial charge >= 0.3 is 5.69 Å². The third-order valence-corrected chi connectivity index (χ3v) is 5.34. The van der Waals surface area contributed by atoms with E-state index in [4.69, 9.17) is 0 Å². The van der Waals surface area contributed by atoms with E-state index in [1.807, 2.05) is 6.92 Å². The predicted molar refractivity (Wildman–Crippen MR) is 103 cm³/mol. The first-order valence-corrected chi connectivity index (χ1v) is 9.39. The molecule has 1 aliphatic rings. The van der Waals surface area contributed by atoms with E-state index in [-0.39, 0.29) is 23.1 Å². The van der Waals surface area contributed by atoms with Crippen LogP contribution in [0.25, 0.3) is 10.9 Å². The highest BCUT2D eigenvalue weighted by atomic mass is 16.2. The highest BCUT2D eigenvalue weighted by Gasteiger charge is 2.29. The van der Waals surface area contributed by atoms with Crippen molar-refractivity contribution < 1.29 is 4.79 Å². The van der Waals surface area contributed by atoms with Crippen molar-refractivity contribution in [2.75, 3.05) is 13.1 Å². The third kappa shape index (κ3) is 3.02. The van der Waals surface area contributed by atoms with E-state index >= 15 is 0 Å². The summed E-state index contributed by atoms with van der Waals surface area (Å²) in [5.74, 6) is 0.617. The Balaban J connectivity index is 1.61. The summed E-state index contributed by atoms with van der Waals surface area (Å²) >= 11 is 0. The van der Waals surface area contributed by atoms with Crippen molar-refractivity contribution in [1.29, 1.82) is 0 Å². The second-order valence-electron chi connectivity index (χ2n) is 7.11. The number of rotatable bonds is 3. The largest absolute Gasteiger partial charge is 0.343 e. The Bertz CT molecular complexity index is 1160. The maximum Gasteiger partial charge on any atom is 0.343 e. The Morgan fingerprint density at radius 1 is 1.32 bits per heavy atom. The number of piperidine rings is 1. The lowest BCUT2D eigenvalue weighted by Crippen LogP contribution is -2.40. The van der Waals surface area contributed by atoms with Crippen molar-refractivity contribution in [3.8, 4) is 0 Å². The molecule has 0 radical (unpaired) electrons. The first-order valence-electron chi connectivity index (χ1n) is 9.39. The number of hydrogen-bond acceptors (Lipinski definition) is 5. The number of carbonyl (C=O) groups excluding carboxylic acids is 1. The molecule has 146 valence electrons. The van der Waals surface area contributed by atoms with Gasteiger partial charge in [-0.3, -0.25) is 14.2 Å². The molecular weight excluding hydrogens is 360 g/mol. The molecule has 1 fully saturated rings. The predicted octanol–water partition coefficient (Wildman–Crippen LogP) is 0.858. The molecule has 0 aliphatic carbocycles. The number of aromatic nitrogens is 5. The fourth-order valence-corrected chi connectivity index (χ4v) is 3.85. The average Bonchev–Trinajstić information content (AvgIpc) is 3.10. The summed E-state index contributed by atoms with van der Waals surface area (Å²) in [6.07, 6.45) is 3.17. The minimum atomic E-state index is -0.219. The smallest absolute Gasteiger partial charge is 0.338 e. The molecule has 3 heterocycles. The number of nitrogens with zero attached hydrogens (tertiary/aromatic N) is 5. The standard InChI is InChI=1S/C19H22N6O3/c1-3-25-16(21-22-19(25)28)13-5-4-8-24(10-13)17(26)12-6-7-14-15(9-12)20-11-23(2)18(14)27/h6-7,9,11,13H,3-5,8,10H2,1-2H3,(H,22,28)/t13-/m1/s1. The monoisotopic (exact) mass is 382 g/mol. The third-order valence-electron chi connectivity index (χ3n) is 5.34. The summed E-state index contributed by atoms with van der Waals surface area (Å²) in [4.78, 5) is 43.1. The summed E-state index contributed by atoms with van der Waals surface area (Å²) in [7, 11) is 1.65. The number of nitrogens with one attached hydrogen (secondary N) is 1. The maximum atomic E-state index is 13.0. The van der Waals surface area contributed by atoms with Gasteiger partial charge in [0.15, 0.2) is 0 Å². The molecule has 1 aromatic carbocycles. The minimum Gasteiger partial charge on any atom is -0.338 e. The van der Waals surface area contributed by atoms with Gasteiger partial charge < -0.3 is 9.47 Å². The Morgan fingerprint density at radius 2 is 2.14 bits per heavy atom. The van der Waals surface area contributed by atoms with Gasteiger partial charge in [0.1, 0.15) is 5.82 Å². The van der Waals surface area contributed by atoms with E-state index in [0.29, 0.717) is 41.9 Å². The van der Waals surface area contributed by atoms with E-state index in [9.17, 15) is 14.4 Å². The molecule has 1 saturated heterocycles. The highest BCUT2D eigenvalue weighted by Crippen LogP contribution is 2.26. The molecule has 9 nitrogen and oxygen atoms in total. The van der Waals surface area contributed by atoms with Crippen molar-refractivity contribution >= 4 is 16.8 Å². The van der Waals surface area contributed by atoms with Crippen LogP contribution in [0.1, 0.15) is 41.9 Å². The van der Waals surface area contributed by atoms with Gasteiger partial charge in [0.25, 0.3) is 11.5 Å². The van der Waals surface area contributed by atoms with Crippen LogP contribution in [0.2, 0.25) is 0 Å². The maximum absolute atomic E-state index is 13.0. The molecule has 4 rings (SSSR count). The normalized spacial score (nSPS) is 17.2. The van der Waals surface area contributed by atoms with Gasteiger partial charge in [-0.25, -0.2) is 14.9 Å². The van der Waals surface area contributed by atoms with Crippen LogP contribution in [0.4, 0.5) is 0 Å². The van der Waals surface area contributed by atoms with E-state index in [1.54, 1.807) is 34.7 Å². The highest BCUT2D eigenvalue weighted by molar-refractivity contribution is 5.97. The van der Waals surface area contributed by atoms with Gasteiger partial charge in [0, 0.05) is 38.2 Å². The zero-order valence-corrected chi connectivity index (χ0v) is 15.9. The topological polar surface area (TPSA) is 106 Å². The molecule has 28 heavy (non-hydrogen) atoms. The number of carbonyl (C=O) groups is 1. The molecule has 1 atom stereocenters. The van der Waals surface area contributed by atoms with Crippen LogP contribution in [0.5, 0.6) is 0 Å². The minimum absolute atomic E-state index is 0.0162. The average molecular weight is 382 g/mol. The summed E-state index contributed by atoms with van der Waals surface area (Å²) < 4.78 is 3.03. The SMILES string of the molecule is CCn1c([C@@H]2CCCN(C(=O)c3ccc4c(=O)n(C)cnc4c3)C2)n[nH]c1=O. The molecule has 1 N–H and O–H groups in total. The fourth-order valence-electron chi connectivity index (χ4n) is 3.85. The molecule has 1 amide bonds. The fraction of sp³-hybridized carbons (Fsp3) is 0.421. The molecule has 3 aromatic rings. The Hall–Kier alpha value is -3.23. The van der Waals surface area contributed by atoms with Gasteiger partial charge in [-0.05, 0) is 38.0 Å². The number of benzene rings is 1. The number of amides is 1. The van der Waals surface area contributed by atoms with Crippen molar-refractivity contribution in [2.45, 2.75) is 32.2 Å². The molecule has 0 bridgehead atoms. The molecule has 0 saturated carbocycles. The number of aromatic amines is 1. The first-order chi connectivity index (χ1) is 13.5. The molecule has 9 heteroatoms. The number of hydrogen-bond donors (Lipinski definition) is 1. The van der Waals surface area contributed by atoms with Crippen molar-refractivity contribution in [1.82, 2.24) is 29.2 Å². The number of fused-ring (bicyclic) bond motifs is 1. The number of likely N-dealkylation sites (tertiary alicyclic amines) is 1. The quantitative estimate of drug-likeness (QED) is 0.723. The Morgan fingerprint density at radius 3 is 2.93 bits per heavy atom. The van der Waals surface area contributed by atoms with Crippen LogP contribution in [0, 0.1) is 0 Å². The van der Waals surface area contributed by atoms with Crippen LogP contribution in [-0.2, 0) is 13.6 Å². The summed E-state index contributed by atoms with van der Waals surface area (Å²) in [6, 6.07) is 4.99. The van der Waals surface area contributed by atoms with E-state index in [1.165, 1.54) is 10.9 Å². The Kier molecular flexibility index (Phi) is 4.58. The Labute approximate surface area is 160 Å². The van der Waals surface area contributed by atoms with Gasteiger partial charge in [0.05, 0.1) is 17.2 Å². The van der Waals surface area contributed by atoms with Gasteiger partial charge in [0.2, 0.25) is 0 Å². The lowest BCUT2D eigenvalue weighted by molar-refractivity contribution is 0.0703. The molecular formula is C19H22N6O3. The lowest BCUT2D eigenvalue weighted by Gasteiger charge is -2.32. The summed E-state index contributed by atoms with van der Waals surface area (Å²) in [5.41, 5.74) is 0.652. The van der Waals surface area contributed by atoms with Gasteiger partial charge in [-0.15, -0.1) is 0 Å². The molecule has 0 unspecified atom stereocenters. The van der Waals surface area contributed by atoms with Crippen molar-refractivity contribution in [3.05, 3.63) is 56.8 Å². The van der Waals surface area contributed by atoms with Crippen LogP contribution < -0.4 is 11.2 Å². The first kappa shape index (κ1) is 18.1. The number of aryl methyl sites for hydroxylation is 1. The van der Waals surface area contributed by atoms with Crippen LogP contribution >= 0.6 is 0 Å². The summed E-state index contributed by atoms with van der Waals surface area (Å²) in [5, 5.41) is 7.17. The van der Waals surface area contributed by atoms with Crippen LogP contribution in [-0.4, -0.2) is 48.2 Å². The van der Waals surface area contributed by atoms with E-state index in [0.717, 1.165) is 12.8 Å². The second-order valence-corrected chi connectivity index (χ2v) is 7.11. The van der Waals surface area contributed by atoms with Crippen LogP contribution in [0.15, 0.2) is 34.1 Å². The zero-order chi connectivity index (χ0) is 19.8. The lowest BCUT2D eigenvalue weighted by atomic mass is 9.96. The van der Waals surface area contributed by atoms with E-state index in [2.05, 4.69) is 15.2 Å². The van der Waals surface area contributed by atoms with E-state index < -0.39 is 0 Å². The number of H-pyrrole nitrogens is 1. The molecule has 1 aliphatic heterocycles.